The molecule has 0 aliphatic rings. The summed E-state index contributed by atoms with van der Waals surface area (Å²) in [6, 6.07) is 8.39. The van der Waals surface area contributed by atoms with Gasteiger partial charge in [-0.1, -0.05) is 12.1 Å². The van der Waals surface area contributed by atoms with Crippen LogP contribution in [0.15, 0.2) is 34.6 Å². The number of hydrogen-bond donors (Lipinski definition) is 2. The first kappa shape index (κ1) is 20.3. The molecule has 0 amide bonds. The quantitative estimate of drug-likeness (QED) is 0.399. The van der Waals surface area contributed by atoms with Crippen molar-refractivity contribution in [2.45, 2.75) is 33.9 Å². The molecular formula is C20H29N3O2S. The predicted octanol–water partition coefficient (Wildman–Crippen LogP) is 3.65. The molecule has 0 saturated carbocycles. The fraction of sp³-hybridized carbons (Fsp3) is 0.450. The second-order valence-corrected chi connectivity index (χ2v) is 6.96. The Morgan fingerprint density at radius 3 is 2.62 bits per heavy atom. The molecular weight excluding hydrogens is 346 g/mol. The highest BCUT2D eigenvalue weighted by molar-refractivity contribution is 7.10. The van der Waals surface area contributed by atoms with Crippen molar-refractivity contribution in [2.24, 2.45) is 4.99 Å². The lowest BCUT2D eigenvalue weighted by Gasteiger charge is -2.15. The van der Waals surface area contributed by atoms with Crippen molar-refractivity contribution in [1.29, 1.82) is 0 Å². The second-order valence-electron chi connectivity index (χ2n) is 5.96. The third-order valence-corrected chi connectivity index (χ3v) is 4.99. The Bertz CT molecular complexity index is 713. The summed E-state index contributed by atoms with van der Waals surface area (Å²) >= 11 is 1.76. The van der Waals surface area contributed by atoms with Gasteiger partial charge in [0.05, 0.1) is 13.2 Å². The summed E-state index contributed by atoms with van der Waals surface area (Å²) in [4.78, 5) is 5.63. The number of nitrogens with zero attached hydrogens (tertiary/aromatic N) is 1. The van der Waals surface area contributed by atoms with E-state index in [2.05, 4.69) is 59.1 Å². The van der Waals surface area contributed by atoms with Gasteiger partial charge in [0.2, 0.25) is 0 Å². The van der Waals surface area contributed by atoms with Crippen LogP contribution in [-0.4, -0.2) is 32.8 Å². The topological polar surface area (TPSA) is 54.9 Å². The van der Waals surface area contributed by atoms with Gasteiger partial charge < -0.3 is 20.1 Å². The van der Waals surface area contributed by atoms with E-state index >= 15 is 0 Å². The molecule has 1 aromatic carbocycles. The van der Waals surface area contributed by atoms with Crippen LogP contribution in [0.25, 0.3) is 0 Å². The van der Waals surface area contributed by atoms with Gasteiger partial charge in [-0.25, -0.2) is 0 Å². The summed E-state index contributed by atoms with van der Waals surface area (Å²) in [5.41, 5.74) is 3.58. The van der Waals surface area contributed by atoms with Gasteiger partial charge in [0.25, 0.3) is 0 Å². The molecule has 0 bridgehead atoms. The van der Waals surface area contributed by atoms with Crippen LogP contribution in [0.4, 0.5) is 0 Å². The van der Waals surface area contributed by atoms with E-state index < -0.39 is 0 Å². The summed E-state index contributed by atoms with van der Waals surface area (Å²) in [5.74, 6) is 1.67. The highest BCUT2D eigenvalue weighted by Gasteiger charge is 2.07. The lowest BCUT2D eigenvalue weighted by atomic mass is 10.1. The molecule has 142 valence electrons. The Hall–Kier alpha value is -2.05. The standard InChI is InChI=1S/C20H29N3O2S/c1-5-24-9-10-25-18-12-15(2)6-7-17(18)13-22-20(21-4)23-14-19-16(3)8-11-26-19/h6-8,11-12H,5,9-10,13-14H2,1-4H3,(H2,21,22,23). The summed E-state index contributed by atoms with van der Waals surface area (Å²) in [6.07, 6.45) is 0. The van der Waals surface area contributed by atoms with Gasteiger partial charge in [-0.15, -0.1) is 11.3 Å². The fourth-order valence-corrected chi connectivity index (χ4v) is 3.29. The predicted molar refractivity (Wildman–Crippen MR) is 109 cm³/mol. The Labute approximate surface area is 160 Å². The fourth-order valence-electron chi connectivity index (χ4n) is 2.45. The minimum Gasteiger partial charge on any atom is -0.491 e. The first-order valence-electron chi connectivity index (χ1n) is 8.91. The first-order valence-corrected chi connectivity index (χ1v) is 9.79. The Morgan fingerprint density at radius 2 is 1.92 bits per heavy atom. The Kier molecular flexibility index (Phi) is 8.44. The van der Waals surface area contributed by atoms with E-state index in [-0.39, 0.29) is 0 Å². The zero-order valence-electron chi connectivity index (χ0n) is 16.1. The smallest absolute Gasteiger partial charge is 0.191 e. The van der Waals surface area contributed by atoms with Gasteiger partial charge in [0.15, 0.2) is 5.96 Å². The molecule has 2 N–H and O–H groups in total. The van der Waals surface area contributed by atoms with Crippen molar-refractivity contribution in [2.75, 3.05) is 26.9 Å². The van der Waals surface area contributed by atoms with Crippen LogP contribution in [0.1, 0.15) is 28.5 Å². The first-order chi connectivity index (χ1) is 12.6. The molecule has 0 spiro atoms. The number of aryl methyl sites for hydroxylation is 2. The molecule has 2 aromatic rings. The van der Waals surface area contributed by atoms with Crippen LogP contribution < -0.4 is 15.4 Å². The van der Waals surface area contributed by atoms with E-state index in [1.54, 1.807) is 18.4 Å². The molecule has 0 fully saturated rings. The number of guanidine groups is 1. The van der Waals surface area contributed by atoms with Crippen LogP contribution in [0.5, 0.6) is 5.75 Å². The molecule has 0 atom stereocenters. The molecule has 0 radical (unpaired) electrons. The van der Waals surface area contributed by atoms with Gasteiger partial charge in [0.1, 0.15) is 12.4 Å². The van der Waals surface area contributed by atoms with Crippen molar-refractivity contribution in [3.8, 4) is 5.75 Å². The highest BCUT2D eigenvalue weighted by Crippen LogP contribution is 2.20. The van der Waals surface area contributed by atoms with E-state index in [4.69, 9.17) is 9.47 Å². The largest absolute Gasteiger partial charge is 0.491 e. The van der Waals surface area contributed by atoms with Gasteiger partial charge in [0, 0.05) is 30.6 Å². The van der Waals surface area contributed by atoms with Crippen molar-refractivity contribution in [1.82, 2.24) is 10.6 Å². The number of benzene rings is 1. The van der Waals surface area contributed by atoms with E-state index in [1.165, 1.54) is 16.0 Å². The maximum atomic E-state index is 5.90. The third kappa shape index (κ3) is 6.35. The number of aliphatic imine (C=N–C) groups is 1. The molecule has 0 unspecified atom stereocenters. The highest BCUT2D eigenvalue weighted by atomic mass is 32.1. The number of thiophene rings is 1. The Balaban J connectivity index is 1.90. The van der Waals surface area contributed by atoms with Crippen LogP contribution in [0.3, 0.4) is 0 Å². The van der Waals surface area contributed by atoms with Crippen LogP contribution >= 0.6 is 11.3 Å². The van der Waals surface area contributed by atoms with E-state index in [9.17, 15) is 0 Å². The van der Waals surface area contributed by atoms with Crippen LogP contribution in [0, 0.1) is 13.8 Å². The van der Waals surface area contributed by atoms with Gasteiger partial charge >= 0.3 is 0 Å². The molecule has 26 heavy (non-hydrogen) atoms. The number of ether oxygens (including phenoxy) is 2. The van der Waals surface area contributed by atoms with E-state index in [0.717, 1.165) is 23.8 Å². The van der Waals surface area contributed by atoms with Gasteiger partial charge in [-0.05, 0) is 49.4 Å². The van der Waals surface area contributed by atoms with E-state index in [0.29, 0.717) is 26.4 Å². The molecule has 5 nitrogen and oxygen atoms in total. The zero-order valence-corrected chi connectivity index (χ0v) is 16.9. The Morgan fingerprint density at radius 1 is 1.12 bits per heavy atom. The average Bonchev–Trinajstić information content (AvgIpc) is 3.05. The molecule has 2 rings (SSSR count). The summed E-state index contributed by atoms with van der Waals surface area (Å²) in [6.45, 7) is 9.45. The normalized spacial score (nSPS) is 11.5. The van der Waals surface area contributed by atoms with Crippen molar-refractivity contribution in [3.05, 3.63) is 51.2 Å². The average molecular weight is 376 g/mol. The zero-order chi connectivity index (χ0) is 18.8. The maximum absolute atomic E-state index is 5.90. The monoisotopic (exact) mass is 375 g/mol. The number of hydrogen-bond acceptors (Lipinski definition) is 4. The molecule has 0 saturated heterocycles. The van der Waals surface area contributed by atoms with Gasteiger partial charge in [-0.2, -0.15) is 0 Å². The number of nitrogens with one attached hydrogen (secondary N) is 2. The van der Waals surface area contributed by atoms with Crippen molar-refractivity contribution in [3.63, 3.8) is 0 Å². The van der Waals surface area contributed by atoms with Crippen LogP contribution in [-0.2, 0) is 17.8 Å². The summed E-state index contributed by atoms with van der Waals surface area (Å²) < 4.78 is 11.2. The second kappa shape index (κ2) is 10.8. The van der Waals surface area contributed by atoms with Crippen LogP contribution in [0.2, 0.25) is 0 Å². The number of rotatable bonds is 9. The maximum Gasteiger partial charge on any atom is 0.191 e. The SMILES string of the molecule is CCOCCOc1cc(C)ccc1CNC(=NC)NCc1sccc1C. The molecule has 1 heterocycles. The lowest BCUT2D eigenvalue weighted by Crippen LogP contribution is -2.36. The molecule has 1 aromatic heterocycles. The van der Waals surface area contributed by atoms with Gasteiger partial charge in [-0.3, -0.25) is 4.99 Å². The minimum absolute atomic E-state index is 0.551. The molecule has 0 aliphatic carbocycles. The van der Waals surface area contributed by atoms with E-state index in [1.807, 2.05) is 6.92 Å². The van der Waals surface area contributed by atoms with Crippen molar-refractivity contribution >= 4 is 17.3 Å². The summed E-state index contributed by atoms with van der Waals surface area (Å²) in [5, 5.41) is 8.84. The molecule has 0 aliphatic heterocycles. The lowest BCUT2D eigenvalue weighted by molar-refractivity contribution is 0.110. The van der Waals surface area contributed by atoms with Crippen molar-refractivity contribution < 1.29 is 9.47 Å². The minimum atomic E-state index is 0.551. The molecule has 6 heteroatoms. The third-order valence-electron chi connectivity index (χ3n) is 3.97. The summed E-state index contributed by atoms with van der Waals surface area (Å²) in [7, 11) is 1.78.